The Morgan fingerprint density at radius 1 is 1.43 bits per heavy atom. The van der Waals surface area contributed by atoms with Gasteiger partial charge in [0.15, 0.2) is 0 Å². The average Bonchev–Trinajstić information content (AvgIpc) is 2.50. The molecular weight excluding hydrogens is 282 g/mol. The van der Waals surface area contributed by atoms with Crippen molar-refractivity contribution in [2.24, 2.45) is 0 Å². The van der Waals surface area contributed by atoms with E-state index >= 15 is 0 Å². The van der Waals surface area contributed by atoms with Gasteiger partial charge in [-0.2, -0.15) is 11.8 Å². The third-order valence-corrected chi connectivity index (χ3v) is 3.99. The van der Waals surface area contributed by atoms with E-state index < -0.39 is 0 Å². The first-order chi connectivity index (χ1) is 10.2. The summed E-state index contributed by atoms with van der Waals surface area (Å²) >= 11 is 1.89. The van der Waals surface area contributed by atoms with Crippen LogP contribution < -0.4 is 4.74 Å². The Morgan fingerprint density at radius 3 is 2.95 bits per heavy atom. The van der Waals surface area contributed by atoms with Gasteiger partial charge < -0.3 is 14.7 Å². The number of benzene rings is 1. The molecule has 1 aromatic carbocycles. The number of likely N-dealkylation sites (N-methyl/N-ethyl adjacent to an activating group) is 1. The number of ether oxygens (including phenoxy) is 1. The molecule has 0 radical (unpaired) electrons. The van der Waals surface area contributed by atoms with Gasteiger partial charge >= 0.3 is 0 Å². The SMILES string of the molecule is CSCCC(C)N(C)CCOc1cccc(C#CCO)c1. The molecule has 0 aliphatic rings. The van der Waals surface area contributed by atoms with Crippen LogP contribution in [0, 0.1) is 11.8 Å². The summed E-state index contributed by atoms with van der Waals surface area (Å²) in [6, 6.07) is 8.23. The predicted octanol–water partition coefficient (Wildman–Crippen LogP) is 2.48. The molecule has 0 saturated heterocycles. The molecule has 0 amide bonds. The number of rotatable bonds is 8. The monoisotopic (exact) mass is 307 g/mol. The van der Waals surface area contributed by atoms with Crippen molar-refractivity contribution in [3.8, 4) is 17.6 Å². The Morgan fingerprint density at radius 2 is 2.24 bits per heavy atom. The number of thioether (sulfide) groups is 1. The van der Waals surface area contributed by atoms with Crippen LogP contribution in [0.5, 0.6) is 5.75 Å². The van der Waals surface area contributed by atoms with Crippen molar-refractivity contribution in [1.29, 1.82) is 0 Å². The number of hydrogen-bond donors (Lipinski definition) is 1. The van der Waals surface area contributed by atoms with Crippen LogP contribution in [-0.2, 0) is 0 Å². The molecule has 0 aliphatic heterocycles. The normalized spacial score (nSPS) is 11.9. The second kappa shape index (κ2) is 10.6. The van der Waals surface area contributed by atoms with Gasteiger partial charge in [-0.1, -0.05) is 17.9 Å². The first-order valence-electron chi connectivity index (χ1n) is 7.19. The maximum absolute atomic E-state index is 8.70. The van der Waals surface area contributed by atoms with Crippen LogP contribution >= 0.6 is 11.8 Å². The van der Waals surface area contributed by atoms with E-state index in [4.69, 9.17) is 9.84 Å². The number of nitrogens with zero attached hydrogens (tertiary/aromatic N) is 1. The Kier molecular flexibility index (Phi) is 9.00. The molecule has 0 heterocycles. The van der Waals surface area contributed by atoms with Crippen LogP contribution in [0.25, 0.3) is 0 Å². The second-order valence-corrected chi connectivity index (χ2v) is 5.93. The van der Waals surface area contributed by atoms with Crippen molar-refractivity contribution in [1.82, 2.24) is 4.90 Å². The molecule has 0 saturated carbocycles. The van der Waals surface area contributed by atoms with Gasteiger partial charge in [-0.25, -0.2) is 0 Å². The summed E-state index contributed by atoms with van der Waals surface area (Å²) < 4.78 is 5.77. The highest BCUT2D eigenvalue weighted by Crippen LogP contribution is 2.13. The van der Waals surface area contributed by atoms with E-state index in [9.17, 15) is 0 Å². The maximum atomic E-state index is 8.70. The van der Waals surface area contributed by atoms with Crippen molar-refractivity contribution < 1.29 is 9.84 Å². The minimum Gasteiger partial charge on any atom is -0.492 e. The maximum Gasteiger partial charge on any atom is 0.120 e. The predicted molar refractivity (Wildman–Crippen MR) is 91.0 cm³/mol. The zero-order valence-electron chi connectivity index (χ0n) is 13.1. The standard InChI is InChI=1S/C17H25NO2S/c1-15(9-13-21-3)18(2)10-12-20-17-8-4-6-16(14-17)7-5-11-19/h4,6,8,14-15,19H,9-13H2,1-3H3. The minimum atomic E-state index is -0.121. The smallest absolute Gasteiger partial charge is 0.120 e. The summed E-state index contributed by atoms with van der Waals surface area (Å²) in [6.07, 6.45) is 3.34. The molecule has 4 heteroatoms. The van der Waals surface area contributed by atoms with Gasteiger partial charge in [0.25, 0.3) is 0 Å². The van der Waals surface area contributed by atoms with Crippen LogP contribution in [0.3, 0.4) is 0 Å². The van der Waals surface area contributed by atoms with Gasteiger partial charge in [-0.05, 0) is 50.6 Å². The fourth-order valence-corrected chi connectivity index (χ4v) is 2.42. The first kappa shape index (κ1) is 17.9. The van der Waals surface area contributed by atoms with E-state index in [2.05, 4.69) is 37.0 Å². The van der Waals surface area contributed by atoms with Crippen molar-refractivity contribution >= 4 is 11.8 Å². The molecule has 1 aromatic rings. The zero-order chi connectivity index (χ0) is 15.5. The Balaban J connectivity index is 2.38. The number of hydrogen-bond acceptors (Lipinski definition) is 4. The highest BCUT2D eigenvalue weighted by atomic mass is 32.2. The van der Waals surface area contributed by atoms with Crippen molar-refractivity contribution in [2.75, 3.05) is 38.8 Å². The summed E-state index contributed by atoms with van der Waals surface area (Å²) in [5, 5.41) is 8.70. The minimum absolute atomic E-state index is 0.121. The molecular formula is C17H25NO2S. The highest BCUT2D eigenvalue weighted by molar-refractivity contribution is 7.98. The van der Waals surface area contributed by atoms with Crippen LogP contribution in [0.4, 0.5) is 0 Å². The molecule has 1 atom stereocenters. The largest absolute Gasteiger partial charge is 0.492 e. The second-order valence-electron chi connectivity index (χ2n) is 4.95. The summed E-state index contributed by atoms with van der Waals surface area (Å²) in [5.41, 5.74) is 0.864. The topological polar surface area (TPSA) is 32.7 Å². The lowest BCUT2D eigenvalue weighted by molar-refractivity contribution is 0.197. The average molecular weight is 307 g/mol. The highest BCUT2D eigenvalue weighted by Gasteiger charge is 2.08. The van der Waals surface area contributed by atoms with Crippen molar-refractivity contribution in [3.63, 3.8) is 0 Å². The van der Waals surface area contributed by atoms with Gasteiger partial charge in [0.1, 0.15) is 19.0 Å². The summed E-state index contributed by atoms with van der Waals surface area (Å²) in [7, 11) is 2.14. The molecule has 0 aliphatic carbocycles. The summed E-state index contributed by atoms with van der Waals surface area (Å²) in [5.74, 6) is 7.54. The van der Waals surface area contributed by atoms with Crippen LogP contribution in [0.15, 0.2) is 24.3 Å². The number of aliphatic hydroxyl groups is 1. The first-order valence-corrected chi connectivity index (χ1v) is 8.58. The Bertz CT molecular complexity index is 467. The van der Waals surface area contributed by atoms with Gasteiger partial charge in [0.2, 0.25) is 0 Å². The van der Waals surface area contributed by atoms with E-state index in [1.54, 1.807) is 0 Å². The summed E-state index contributed by atoms with van der Waals surface area (Å²) in [6.45, 7) is 3.70. The lowest BCUT2D eigenvalue weighted by Gasteiger charge is -2.24. The van der Waals surface area contributed by atoms with Crippen LogP contribution in [0.2, 0.25) is 0 Å². The van der Waals surface area contributed by atoms with E-state index in [0.717, 1.165) is 17.9 Å². The third kappa shape index (κ3) is 7.42. The molecule has 0 aromatic heterocycles. The molecule has 116 valence electrons. The Labute approximate surface area is 132 Å². The van der Waals surface area contributed by atoms with E-state index in [1.165, 1.54) is 12.2 Å². The van der Waals surface area contributed by atoms with Crippen LogP contribution in [0.1, 0.15) is 18.9 Å². The molecule has 1 unspecified atom stereocenters. The van der Waals surface area contributed by atoms with Crippen LogP contribution in [-0.4, -0.2) is 54.9 Å². The van der Waals surface area contributed by atoms with E-state index in [-0.39, 0.29) is 6.61 Å². The molecule has 0 spiro atoms. The molecule has 0 fully saturated rings. The molecule has 0 bridgehead atoms. The molecule has 1 N–H and O–H groups in total. The van der Waals surface area contributed by atoms with Gasteiger partial charge in [-0.15, -0.1) is 0 Å². The lowest BCUT2D eigenvalue weighted by atomic mass is 10.2. The zero-order valence-corrected chi connectivity index (χ0v) is 13.9. The molecule has 1 rings (SSSR count). The van der Waals surface area contributed by atoms with E-state index in [1.807, 2.05) is 36.0 Å². The van der Waals surface area contributed by atoms with Gasteiger partial charge in [-0.3, -0.25) is 0 Å². The Hall–Kier alpha value is -1.15. The number of aliphatic hydroxyl groups excluding tert-OH is 1. The fourth-order valence-electron chi connectivity index (χ4n) is 1.84. The summed E-state index contributed by atoms with van der Waals surface area (Å²) in [4.78, 5) is 2.33. The quantitative estimate of drug-likeness (QED) is 0.748. The lowest BCUT2D eigenvalue weighted by Crippen LogP contribution is -2.33. The van der Waals surface area contributed by atoms with Crippen molar-refractivity contribution in [3.05, 3.63) is 29.8 Å². The third-order valence-electron chi connectivity index (χ3n) is 3.35. The van der Waals surface area contributed by atoms with E-state index in [0.29, 0.717) is 12.6 Å². The molecule has 21 heavy (non-hydrogen) atoms. The van der Waals surface area contributed by atoms with Gasteiger partial charge in [0.05, 0.1) is 0 Å². The van der Waals surface area contributed by atoms with Gasteiger partial charge in [0, 0.05) is 18.2 Å². The fraction of sp³-hybridized carbons (Fsp3) is 0.529. The molecule has 3 nitrogen and oxygen atoms in total. The van der Waals surface area contributed by atoms with Crippen molar-refractivity contribution in [2.45, 2.75) is 19.4 Å².